The predicted octanol–water partition coefficient (Wildman–Crippen LogP) is 0.955. The number of rotatable bonds is 2. The van der Waals surface area contributed by atoms with E-state index in [4.69, 9.17) is 0 Å². The Balaban J connectivity index is 0.000000494. The number of hydrogen-bond donors (Lipinski definition) is 0. The van der Waals surface area contributed by atoms with Crippen molar-refractivity contribution in [3.63, 3.8) is 0 Å². The second-order valence-electron chi connectivity index (χ2n) is 2.47. The summed E-state index contributed by atoms with van der Waals surface area (Å²) in [7, 11) is -3.38. The first-order valence-corrected chi connectivity index (χ1v) is 7.83. The minimum Gasteiger partial charge on any atom is -0.418 e. The first kappa shape index (κ1) is 17.4. The number of methoxy groups -OCH3 is 2. The Morgan fingerprint density at radius 2 is 1.61 bits per heavy atom. The van der Waals surface area contributed by atoms with Crippen molar-refractivity contribution >= 4 is 48.2 Å². The monoisotopic (exact) mass is 402 g/mol. The molecule has 1 aromatic rings. The number of carbonyl (C=O) groups excluding carboxylic acids is 2. The molecule has 0 N–H and O–H groups in total. The Labute approximate surface area is 111 Å². The number of esters is 2. The van der Waals surface area contributed by atoms with Crippen LogP contribution in [0.3, 0.4) is 0 Å². The topological polar surface area (TPSA) is 52.6 Å². The van der Waals surface area contributed by atoms with Crippen molar-refractivity contribution in [3.8, 4) is 0 Å². The molecule has 0 atom stereocenters. The van der Waals surface area contributed by atoms with Crippen LogP contribution in [-0.2, 0) is 9.47 Å². The molecule has 18 heavy (non-hydrogen) atoms. The summed E-state index contributed by atoms with van der Waals surface area (Å²) in [5.74, 6) is -0.813. The minimum atomic E-state index is -6.00. The molecule has 1 rings (SSSR count). The molecule has 0 unspecified atom stereocenters. The number of hydrogen-bond acceptors (Lipinski definition) is 4. The molecule has 0 bridgehead atoms. The Morgan fingerprint density at radius 3 is 2.00 bits per heavy atom. The molecule has 0 aliphatic carbocycles. The second kappa shape index (κ2) is 7.73. The van der Waals surface area contributed by atoms with Gasteiger partial charge < -0.3 is 17.3 Å². The van der Waals surface area contributed by atoms with Crippen molar-refractivity contribution in [3.05, 3.63) is 12.7 Å². The van der Waals surface area contributed by atoms with Crippen LogP contribution in [0.1, 0.15) is 18.5 Å². The summed E-state index contributed by atoms with van der Waals surface area (Å²) in [4.78, 5) is 22.3. The van der Waals surface area contributed by atoms with Crippen LogP contribution in [-0.4, -0.2) is 62.4 Å². The summed E-state index contributed by atoms with van der Waals surface area (Å²) in [5.41, 5.74) is 0. The van der Waals surface area contributed by atoms with Gasteiger partial charge in [-0.2, -0.15) is 0 Å². The molecule has 1 aromatic heterocycles. The summed E-state index contributed by atoms with van der Waals surface area (Å²) < 4.78 is 51.1. The predicted molar refractivity (Wildman–Crippen MR) is 57.6 cm³/mol. The van der Waals surface area contributed by atoms with E-state index in [0.29, 0.717) is 8.87 Å². The normalized spacial score (nSPS) is 10.1. The van der Waals surface area contributed by atoms with Crippen molar-refractivity contribution in [2.75, 3.05) is 14.2 Å². The molecule has 11 heteroatoms. The van der Waals surface area contributed by atoms with Gasteiger partial charge in [0.1, 0.15) is 0 Å². The molecule has 0 saturated heterocycles. The van der Waals surface area contributed by atoms with Crippen molar-refractivity contribution in [2.24, 2.45) is 0 Å². The minimum absolute atomic E-state index is 0.0311. The Bertz CT molecular complexity index is 383. The number of ether oxygens (including phenoxy) is 2. The molecule has 1 heterocycles. The Morgan fingerprint density at radius 1 is 1.17 bits per heavy atom. The molecule has 4 nitrogen and oxygen atoms in total. The van der Waals surface area contributed by atoms with Gasteiger partial charge >= 0.3 is 94.2 Å². The van der Waals surface area contributed by atoms with Crippen molar-refractivity contribution in [1.82, 2.24) is 0 Å². The number of carbonyl (C=O) groups is 2. The van der Waals surface area contributed by atoms with Crippen LogP contribution in [0, 0.1) is 0 Å². The van der Waals surface area contributed by atoms with Crippen LogP contribution in [0.5, 0.6) is 0 Å². The molecule has 0 aromatic carbocycles. The van der Waals surface area contributed by atoms with E-state index >= 15 is 0 Å². The molecule has 0 amide bonds. The average molecular weight is 400 g/mol. The fourth-order valence-corrected chi connectivity index (χ4v) is 6.42. The maximum absolute atomic E-state index is 11.2. The van der Waals surface area contributed by atoms with Gasteiger partial charge in [0.05, 0.1) is 0 Å². The van der Waals surface area contributed by atoms with Crippen molar-refractivity contribution in [2.45, 2.75) is 0 Å². The molecular formula is C7H7BF4O4Se2. The third-order valence-electron chi connectivity index (χ3n) is 1.28. The van der Waals surface area contributed by atoms with Crippen LogP contribution in [0.15, 0.2) is 3.81 Å². The fraction of sp³-hybridized carbons (Fsp3) is 0.286. The SMILES string of the molecule is COC(=O)c1[se]c[se+]c1C(=O)OC.F[B-](F)(F)F. The number of halogens is 4. The van der Waals surface area contributed by atoms with E-state index in [-0.39, 0.29) is 29.0 Å². The van der Waals surface area contributed by atoms with E-state index in [1.54, 1.807) is 0 Å². The van der Waals surface area contributed by atoms with E-state index in [1.807, 2.05) is 3.81 Å². The molecule has 0 saturated carbocycles. The zero-order valence-electron chi connectivity index (χ0n) is 9.12. The van der Waals surface area contributed by atoms with E-state index in [9.17, 15) is 26.9 Å². The van der Waals surface area contributed by atoms with Crippen molar-refractivity contribution < 1.29 is 36.3 Å². The van der Waals surface area contributed by atoms with Gasteiger partial charge in [0.15, 0.2) is 0 Å². The summed E-state index contributed by atoms with van der Waals surface area (Å²) >= 11 is -0.0623. The Kier molecular flexibility index (Phi) is 7.46. The van der Waals surface area contributed by atoms with E-state index in [2.05, 4.69) is 9.47 Å². The zero-order valence-corrected chi connectivity index (χ0v) is 12.5. The van der Waals surface area contributed by atoms with E-state index in [0.717, 1.165) is 0 Å². The quantitative estimate of drug-likeness (QED) is 0.422. The molecule has 102 valence electrons. The summed E-state index contributed by atoms with van der Waals surface area (Å²) in [6.07, 6.45) is 0. The molecule has 0 aliphatic heterocycles. The molecule has 0 radical (unpaired) electrons. The van der Waals surface area contributed by atoms with Crippen LogP contribution in [0.25, 0.3) is 0 Å². The van der Waals surface area contributed by atoms with E-state index < -0.39 is 19.2 Å². The summed E-state index contributed by atoms with van der Waals surface area (Å²) in [6, 6.07) is 0. The summed E-state index contributed by atoms with van der Waals surface area (Å²) in [5, 5.41) is 0. The van der Waals surface area contributed by atoms with Gasteiger partial charge in [0, 0.05) is 0 Å². The second-order valence-corrected chi connectivity index (χ2v) is 7.67. The fourth-order valence-electron chi connectivity index (χ4n) is 0.694. The first-order valence-electron chi connectivity index (χ1n) is 4.14. The van der Waals surface area contributed by atoms with Gasteiger partial charge in [-0.15, -0.1) is 0 Å². The van der Waals surface area contributed by atoms with Gasteiger partial charge in [-0.05, 0) is 0 Å². The van der Waals surface area contributed by atoms with Gasteiger partial charge in [-0.3, -0.25) is 0 Å². The van der Waals surface area contributed by atoms with Gasteiger partial charge in [-0.25, -0.2) is 0 Å². The summed E-state index contributed by atoms with van der Waals surface area (Å²) in [6.45, 7) is 0. The average Bonchev–Trinajstić information content (AvgIpc) is 2.73. The zero-order chi connectivity index (χ0) is 14.3. The first-order chi connectivity index (χ1) is 8.20. The maximum atomic E-state index is 11.2. The van der Waals surface area contributed by atoms with Crippen LogP contribution in [0.4, 0.5) is 17.3 Å². The molecular weight excluding hydrogens is 393 g/mol. The standard InChI is InChI=1S/C7H7O4Se2.BF4/c1-10-6(8)4-5(7(9)11-2)13-3-12-4;2-1(3,4)5/h3H,1-2H3;/q+1;-1. The van der Waals surface area contributed by atoms with Gasteiger partial charge in [0.25, 0.3) is 0 Å². The molecule has 0 spiro atoms. The van der Waals surface area contributed by atoms with Gasteiger partial charge in [0.2, 0.25) is 0 Å². The Hall–Kier alpha value is -0.626. The van der Waals surface area contributed by atoms with Crippen LogP contribution >= 0.6 is 0 Å². The van der Waals surface area contributed by atoms with E-state index in [1.165, 1.54) is 14.2 Å². The van der Waals surface area contributed by atoms with Gasteiger partial charge in [-0.1, -0.05) is 0 Å². The largest absolute Gasteiger partial charge is 0.673 e. The van der Waals surface area contributed by atoms with Crippen molar-refractivity contribution in [1.29, 1.82) is 0 Å². The third-order valence-corrected chi connectivity index (χ3v) is 6.98. The van der Waals surface area contributed by atoms with Crippen LogP contribution < -0.4 is 0 Å². The maximum Gasteiger partial charge on any atom is 0.673 e. The third kappa shape index (κ3) is 6.95. The molecule has 0 aliphatic rings. The smallest absolute Gasteiger partial charge is 0.418 e. The van der Waals surface area contributed by atoms with Crippen LogP contribution in [0.2, 0.25) is 0 Å². The molecule has 0 fully saturated rings.